The molecule has 1 aliphatic rings. The van der Waals surface area contributed by atoms with E-state index in [1.165, 1.54) is 11.1 Å². The summed E-state index contributed by atoms with van der Waals surface area (Å²) < 4.78 is 0. The molecule has 0 aromatic heterocycles. The highest BCUT2D eigenvalue weighted by atomic mass is 16.3. The lowest BCUT2D eigenvalue weighted by atomic mass is 9.95. The molecule has 0 aliphatic carbocycles. The fourth-order valence-electron chi connectivity index (χ4n) is 2.80. The fourth-order valence-corrected chi connectivity index (χ4v) is 2.80. The van der Waals surface area contributed by atoms with Crippen molar-refractivity contribution >= 4 is 5.69 Å². The van der Waals surface area contributed by atoms with Gasteiger partial charge in [-0.2, -0.15) is 5.26 Å². The number of aliphatic hydroxyl groups excluding tert-OH is 2. The van der Waals surface area contributed by atoms with Crippen LogP contribution < -0.4 is 10.6 Å². The molecule has 0 saturated heterocycles. The average molecular weight is 309 g/mol. The van der Waals surface area contributed by atoms with Crippen molar-refractivity contribution in [3.05, 3.63) is 53.1 Å². The summed E-state index contributed by atoms with van der Waals surface area (Å²) in [7, 11) is 0. The molecule has 1 heterocycles. The molecule has 23 heavy (non-hydrogen) atoms. The Bertz CT molecular complexity index is 735. The molecule has 2 aromatic rings. The molecule has 5 heteroatoms. The summed E-state index contributed by atoms with van der Waals surface area (Å²) in [6.07, 6.45) is -0.778. The lowest BCUT2D eigenvalue weighted by Crippen LogP contribution is -2.23. The largest absolute Gasteiger partial charge is 0.394 e. The minimum atomic E-state index is -0.778. The van der Waals surface area contributed by atoms with Crippen LogP contribution in [0.3, 0.4) is 0 Å². The maximum atomic E-state index is 9.50. The highest BCUT2D eigenvalue weighted by Crippen LogP contribution is 2.32. The van der Waals surface area contributed by atoms with Gasteiger partial charge in [-0.3, -0.25) is 0 Å². The van der Waals surface area contributed by atoms with Gasteiger partial charge in [0.15, 0.2) is 0 Å². The monoisotopic (exact) mass is 309 g/mol. The number of nitriles is 1. The van der Waals surface area contributed by atoms with Gasteiger partial charge in [-0.25, -0.2) is 0 Å². The van der Waals surface area contributed by atoms with Gasteiger partial charge in [0.05, 0.1) is 24.3 Å². The third-order valence-electron chi connectivity index (χ3n) is 4.04. The van der Waals surface area contributed by atoms with Crippen LogP contribution in [0.25, 0.3) is 11.1 Å². The third kappa shape index (κ3) is 3.35. The Balaban J connectivity index is 1.94. The summed E-state index contributed by atoms with van der Waals surface area (Å²) >= 11 is 0. The van der Waals surface area contributed by atoms with E-state index in [0.717, 1.165) is 29.9 Å². The van der Waals surface area contributed by atoms with Crippen molar-refractivity contribution in [2.24, 2.45) is 0 Å². The van der Waals surface area contributed by atoms with Gasteiger partial charge in [-0.05, 0) is 46.5 Å². The lowest BCUT2D eigenvalue weighted by molar-refractivity contribution is 0.105. The topological polar surface area (TPSA) is 88.3 Å². The fraction of sp³-hybridized carbons (Fsp3) is 0.278. The van der Waals surface area contributed by atoms with Crippen molar-refractivity contribution in [1.29, 1.82) is 5.26 Å². The molecule has 118 valence electrons. The lowest BCUT2D eigenvalue weighted by Gasteiger charge is -2.15. The zero-order valence-electron chi connectivity index (χ0n) is 12.7. The number of nitrogens with one attached hydrogen (secondary N) is 2. The van der Waals surface area contributed by atoms with Gasteiger partial charge in [-0.15, -0.1) is 0 Å². The van der Waals surface area contributed by atoms with Gasteiger partial charge in [0.2, 0.25) is 0 Å². The predicted octanol–water partition coefficient (Wildman–Crippen LogP) is 1.59. The van der Waals surface area contributed by atoms with Crippen LogP contribution in [0.15, 0.2) is 36.4 Å². The van der Waals surface area contributed by atoms with Gasteiger partial charge < -0.3 is 20.8 Å². The molecule has 0 radical (unpaired) electrons. The Morgan fingerprint density at radius 1 is 1.22 bits per heavy atom. The van der Waals surface area contributed by atoms with E-state index in [-0.39, 0.29) is 6.61 Å². The Kier molecular flexibility index (Phi) is 4.58. The summed E-state index contributed by atoms with van der Waals surface area (Å²) in [6.45, 7) is 1.68. The van der Waals surface area contributed by atoms with Crippen molar-refractivity contribution in [1.82, 2.24) is 5.32 Å². The summed E-state index contributed by atoms with van der Waals surface area (Å²) in [5.41, 5.74) is 6.24. The van der Waals surface area contributed by atoms with Gasteiger partial charge >= 0.3 is 0 Å². The number of hydrogen-bond acceptors (Lipinski definition) is 5. The molecular weight excluding hydrogens is 290 g/mol. The molecule has 4 N–H and O–H groups in total. The van der Waals surface area contributed by atoms with E-state index in [1.807, 2.05) is 24.3 Å². The molecule has 1 aliphatic heterocycles. The summed E-state index contributed by atoms with van der Waals surface area (Å²) in [5, 5.41) is 33.9. The van der Waals surface area contributed by atoms with E-state index < -0.39 is 6.10 Å². The number of rotatable bonds is 5. The average Bonchev–Trinajstić information content (AvgIpc) is 3.07. The summed E-state index contributed by atoms with van der Waals surface area (Å²) in [4.78, 5) is 0. The Morgan fingerprint density at radius 3 is 2.70 bits per heavy atom. The van der Waals surface area contributed by atoms with E-state index in [0.29, 0.717) is 12.1 Å². The van der Waals surface area contributed by atoms with Gasteiger partial charge in [0.25, 0.3) is 0 Å². The molecule has 0 bridgehead atoms. The maximum absolute atomic E-state index is 9.50. The second-order valence-corrected chi connectivity index (χ2v) is 5.67. The van der Waals surface area contributed by atoms with Crippen LogP contribution >= 0.6 is 0 Å². The van der Waals surface area contributed by atoms with Crippen LogP contribution in [0.4, 0.5) is 5.69 Å². The first-order valence-electron chi connectivity index (χ1n) is 7.61. The quantitative estimate of drug-likeness (QED) is 0.674. The van der Waals surface area contributed by atoms with Crippen molar-refractivity contribution < 1.29 is 10.2 Å². The van der Waals surface area contributed by atoms with Crippen molar-refractivity contribution in [3.63, 3.8) is 0 Å². The number of anilines is 1. The SMILES string of the molecule is N#Cc1ccc(-c2cc(NCC(O)CO)cc3c2CNC3)cc1. The molecule has 3 rings (SSSR count). The smallest absolute Gasteiger partial charge is 0.0991 e. The number of fused-ring (bicyclic) bond motifs is 1. The number of benzene rings is 2. The van der Waals surface area contributed by atoms with Crippen molar-refractivity contribution in [2.45, 2.75) is 19.2 Å². The Labute approximate surface area is 135 Å². The van der Waals surface area contributed by atoms with Crippen molar-refractivity contribution in [2.75, 3.05) is 18.5 Å². The van der Waals surface area contributed by atoms with Crippen LogP contribution in [-0.2, 0) is 13.1 Å². The number of nitrogens with zero attached hydrogens (tertiary/aromatic N) is 1. The van der Waals surface area contributed by atoms with Crippen LogP contribution in [0.5, 0.6) is 0 Å². The van der Waals surface area contributed by atoms with E-state index in [4.69, 9.17) is 10.4 Å². The third-order valence-corrected chi connectivity index (χ3v) is 4.04. The van der Waals surface area contributed by atoms with Gasteiger partial charge in [-0.1, -0.05) is 12.1 Å². The first-order chi connectivity index (χ1) is 11.2. The van der Waals surface area contributed by atoms with Crippen LogP contribution in [0.1, 0.15) is 16.7 Å². The molecule has 5 nitrogen and oxygen atoms in total. The molecule has 0 spiro atoms. The first-order valence-corrected chi connectivity index (χ1v) is 7.61. The normalized spacial score (nSPS) is 14.1. The second-order valence-electron chi connectivity index (χ2n) is 5.67. The highest BCUT2D eigenvalue weighted by molar-refractivity contribution is 5.74. The zero-order chi connectivity index (χ0) is 16.2. The van der Waals surface area contributed by atoms with E-state index in [1.54, 1.807) is 0 Å². The molecule has 0 saturated carbocycles. The standard InChI is InChI=1S/C18H19N3O2/c19-7-12-1-3-13(4-2-12)17-6-15(21-9-16(23)11-22)5-14-8-20-10-18(14)17/h1-6,16,20-23H,8-11H2. The zero-order valence-corrected chi connectivity index (χ0v) is 12.7. The molecular formula is C18H19N3O2. The van der Waals surface area contributed by atoms with E-state index in [2.05, 4.69) is 28.8 Å². The highest BCUT2D eigenvalue weighted by Gasteiger charge is 2.17. The molecule has 0 amide bonds. The van der Waals surface area contributed by atoms with Crippen molar-refractivity contribution in [3.8, 4) is 17.2 Å². The Morgan fingerprint density at radius 2 is 2.00 bits per heavy atom. The second kappa shape index (κ2) is 6.80. The van der Waals surface area contributed by atoms with Crippen LogP contribution in [-0.4, -0.2) is 29.5 Å². The minimum absolute atomic E-state index is 0.262. The van der Waals surface area contributed by atoms with Gasteiger partial charge in [0, 0.05) is 25.3 Å². The van der Waals surface area contributed by atoms with Crippen LogP contribution in [0, 0.1) is 11.3 Å². The minimum Gasteiger partial charge on any atom is -0.394 e. The van der Waals surface area contributed by atoms with E-state index >= 15 is 0 Å². The predicted molar refractivity (Wildman–Crippen MR) is 88.7 cm³/mol. The van der Waals surface area contributed by atoms with E-state index in [9.17, 15) is 5.11 Å². The molecule has 1 unspecified atom stereocenters. The molecule has 2 aromatic carbocycles. The summed E-state index contributed by atoms with van der Waals surface area (Å²) in [6, 6.07) is 13.8. The van der Waals surface area contributed by atoms with Crippen LogP contribution in [0.2, 0.25) is 0 Å². The Hall–Kier alpha value is -2.39. The summed E-state index contributed by atoms with van der Waals surface area (Å²) in [5.74, 6) is 0. The molecule has 1 atom stereocenters. The first kappa shape index (κ1) is 15.5. The van der Waals surface area contributed by atoms with Gasteiger partial charge in [0.1, 0.15) is 0 Å². The molecule has 0 fully saturated rings. The number of aliphatic hydroxyl groups is 2. The maximum Gasteiger partial charge on any atom is 0.0991 e. The number of hydrogen-bond donors (Lipinski definition) is 4.